The first-order chi connectivity index (χ1) is 13.2. The summed E-state index contributed by atoms with van der Waals surface area (Å²) in [6, 6.07) is 25.7. The molecule has 0 unspecified atom stereocenters. The highest BCUT2D eigenvalue weighted by Gasteiger charge is 2.15. The maximum Gasteiger partial charge on any atom is 0.230 e. The van der Waals surface area contributed by atoms with Crippen LogP contribution in [-0.4, -0.2) is 17.4 Å². The summed E-state index contributed by atoms with van der Waals surface area (Å²) in [6.45, 7) is 0. The molecule has 27 heavy (non-hydrogen) atoms. The summed E-state index contributed by atoms with van der Waals surface area (Å²) < 4.78 is 7.24. The predicted octanol–water partition coefficient (Wildman–Crippen LogP) is 4.80. The number of nitrogens with zero attached hydrogens (tertiary/aromatic N) is 1. The van der Waals surface area contributed by atoms with Crippen LogP contribution >= 0.6 is 0 Å². The smallest absolute Gasteiger partial charge is 0.230 e. The van der Waals surface area contributed by atoms with Crippen molar-refractivity contribution in [2.75, 3.05) is 12.4 Å². The number of ether oxygens (including phenoxy) is 1. The molecule has 2 heterocycles. The Kier molecular flexibility index (Phi) is 4.62. The minimum Gasteiger partial charge on any atom is -0.497 e. The van der Waals surface area contributed by atoms with E-state index in [1.165, 1.54) is 0 Å². The zero-order valence-corrected chi connectivity index (χ0v) is 15.1. The fraction of sp³-hybridized carbons (Fsp3) is 0.0870. The molecule has 4 nitrogen and oxygen atoms in total. The van der Waals surface area contributed by atoms with Crippen LogP contribution in [0.5, 0.6) is 5.75 Å². The molecule has 0 aliphatic rings. The van der Waals surface area contributed by atoms with Gasteiger partial charge in [0, 0.05) is 28.7 Å². The van der Waals surface area contributed by atoms with Crippen LogP contribution in [0.1, 0.15) is 5.69 Å². The van der Waals surface area contributed by atoms with Crippen LogP contribution in [-0.2, 0) is 11.2 Å². The van der Waals surface area contributed by atoms with Crippen molar-refractivity contribution in [3.63, 3.8) is 0 Å². The molecule has 4 rings (SSSR count). The van der Waals surface area contributed by atoms with Gasteiger partial charge in [-0.3, -0.25) is 4.79 Å². The number of hydrogen-bond acceptors (Lipinski definition) is 2. The van der Waals surface area contributed by atoms with Crippen molar-refractivity contribution in [3.05, 3.63) is 90.8 Å². The number of anilines is 1. The molecule has 0 radical (unpaired) electrons. The van der Waals surface area contributed by atoms with Crippen molar-refractivity contribution in [2.45, 2.75) is 6.42 Å². The van der Waals surface area contributed by atoms with Crippen molar-refractivity contribution in [3.8, 4) is 16.9 Å². The zero-order chi connectivity index (χ0) is 18.6. The van der Waals surface area contributed by atoms with Crippen molar-refractivity contribution in [2.24, 2.45) is 0 Å². The molecular formula is C23H20N2O2. The summed E-state index contributed by atoms with van der Waals surface area (Å²) in [7, 11) is 1.62. The van der Waals surface area contributed by atoms with E-state index in [-0.39, 0.29) is 12.3 Å². The van der Waals surface area contributed by atoms with Crippen LogP contribution in [0.2, 0.25) is 0 Å². The SMILES string of the molecule is COc1ccc(NC(=O)Cc2c(-c3ccccc3)cc3ccccn23)cc1. The van der Waals surface area contributed by atoms with Gasteiger partial charge in [0.2, 0.25) is 5.91 Å². The monoisotopic (exact) mass is 356 g/mol. The number of fused-ring (bicyclic) bond motifs is 1. The minimum atomic E-state index is -0.0544. The molecule has 0 atom stereocenters. The molecule has 2 aromatic heterocycles. The summed E-state index contributed by atoms with van der Waals surface area (Å²) in [5.41, 5.74) is 4.98. The fourth-order valence-corrected chi connectivity index (χ4v) is 3.26. The van der Waals surface area contributed by atoms with Gasteiger partial charge in [-0.1, -0.05) is 36.4 Å². The van der Waals surface area contributed by atoms with Crippen LogP contribution in [0.25, 0.3) is 16.6 Å². The summed E-state index contributed by atoms with van der Waals surface area (Å²) >= 11 is 0. The average molecular weight is 356 g/mol. The van der Waals surface area contributed by atoms with Gasteiger partial charge in [0.1, 0.15) is 5.75 Å². The van der Waals surface area contributed by atoms with E-state index in [2.05, 4.69) is 34.0 Å². The highest BCUT2D eigenvalue weighted by molar-refractivity contribution is 5.93. The third kappa shape index (κ3) is 3.55. The zero-order valence-electron chi connectivity index (χ0n) is 15.1. The van der Waals surface area contributed by atoms with Crippen molar-refractivity contribution in [1.29, 1.82) is 0 Å². The van der Waals surface area contributed by atoms with Gasteiger partial charge in [-0.2, -0.15) is 0 Å². The van der Waals surface area contributed by atoms with Gasteiger partial charge in [-0.25, -0.2) is 0 Å². The van der Waals surface area contributed by atoms with E-state index in [0.717, 1.165) is 33.8 Å². The van der Waals surface area contributed by atoms with Crippen LogP contribution in [0.3, 0.4) is 0 Å². The Balaban J connectivity index is 1.65. The van der Waals surface area contributed by atoms with Gasteiger partial charge in [-0.05, 0) is 48.0 Å². The lowest BCUT2D eigenvalue weighted by molar-refractivity contribution is -0.115. The maximum atomic E-state index is 12.7. The number of carbonyl (C=O) groups is 1. The highest BCUT2D eigenvalue weighted by atomic mass is 16.5. The highest BCUT2D eigenvalue weighted by Crippen LogP contribution is 2.28. The second kappa shape index (κ2) is 7.38. The molecule has 4 heteroatoms. The lowest BCUT2D eigenvalue weighted by atomic mass is 10.0. The normalized spacial score (nSPS) is 10.7. The summed E-state index contributed by atoms with van der Waals surface area (Å²) in [6.07, 6.45) is 2.28. The number of benzene rings is 2. The molecule has 4 aromatic rings. The van der Waals surface area contributed by atoms with Gasteiger partial charge in [0.15, 0.2) is 0 Å². The van der Waals surface area contributed by atoms with Gasteiger partial charge in [-0.15, -0.1) is 0 Å². The molecule has 1 amide bonds. The third-order valence-electron chi connectivity index (χ3n) is 4.57. The predicted molar refractivity (Wildman–Crippen MR) is 108 cm³/mol. The summed E-state index contributed by atoms with van der Waals surface area (Å²) in [4.78, 5) is 12.7. The largest absolute Gasteiger partial charge is 0.497 e. The quantitative estimate of drug-likeness (QED) is 0.558. The number of rotatable bonds is 5. The van der Waals surface area contributed by atoms with E-state index in [9.17, 15) is 4.79 Å². The Morgan fingerprint density at radius 3 is 2.44 bits per heavy atom. The molecule has 1 N–H and O–H groups in total. The topological polar surface area (TPSA) is 42.7 Å². The Morgan fingerprint density at radius 2 is 1.70 bits per heavy atom. The standard InChI is InChI=1S/C23H20N2O2/c1-27-20-12-10-18(11-13-20)24-23(26)16-22-21(17-7-3-2-4-8-17)15-19-9-5-6-14-25(19)22/h2-15H,16H2,1H3,(H,24,26). The molecule has 0 spiro atoms. The van der Waals surface area contributed by atoms with Crippen LogP contribution in [0.4, 0.5) is 5.69 Å². The third-order valence-corrected chi connectivity index (χ3v) is 4.57. The Morgan fingerprint density at radius 1 is 0.963 bits per heavy atom. The number of amides is 1. The molecule has 2 aromatic carbocycles. The second-order valence-electron chi connectivity index (χ2n) is 6.32. The van der Waals surface area contributed by atoms with E-state index < -0.39 is 0 Å². The molecule has 0 bridgehead atoms. The van der Waals surface area contributed by atoms with Crippen LogP contribution < -0.4 is 10.1 Å². The van der Waals surface area contributed by atoms with Gasteiger partial charge in [0.05, 0.1) is 13.5 Å². The van der Waals surface area contributed by atoms with Gasteiger partial charge < -0.3 is 14.5 Å². The molecule has 0 fully saturated rings. The Bertz CT molecular complexity index is 1070. The van der Waals surface area contributed by atoms with E-state index in [0.29, 0.717) is 0 Å². The fourth-order valence-electron chi connectivity index (χ4n) is 3.26. The van der Waals surface area contributed by atoms with Crippen molar-refractivity contribution < 1.29 is 9.53 Å². The lowest BCUT2D eigenvalue weighted by Crippen LogP contribution is -2.16. The molecule has 0 aliphatic heterocycles. The summed E-state index contributed by atoms with van der Waals surface area (Å²) in [5, 5.41) is 2.97. The number of nitrogens with one attached hydrogen (secondary N) is 1. The number of aromatic nitrogens is 1. The van der Waals surface area contributed by atoms with Crippen LogP contribution in [0.15, 0.2) is 85.1 Å². The Hall–Kier alpha value is -3.53. The second-order valence-corrected chi connectivity index (χ2v) is 6.32. The van der Waals surface area contributed by atoms with E-state index in [1.54, 1.807) is 7.11 Å². The van der Waals surface area contributed by atoms with E-state index in [1.807, 2.05) is 60.8 Å². The van der Waals surface area contributed by atoms with Crippen molar-refractivity contribution in [1.82, 2.24) is 4.40 Å². The van der Waals surface area contributed by atoms with Crippen LogP contribution in [0, 0.1) is 0 Å². The lowest BCUT2D eigenvalue weighted by Gasteiger charge is -2.09. The molecule has 0 aliphatic carbocycles. The maximum absolute atomic E-state index is 12.7. The van der Waals surface area contributed by atoms with E-state index in [4.69, 9.17) is 4.74 Å². The molecular weight excluding hydrogens is 336 g/mol. The summed E-state index contributed by atoms with van der Waals surface area (Å²) in [5.74, 6) is 0.707. The number of pyridine rings is 1. The molecule has 0 saturated carbocycles. The van der Waals surface area contributed by atoms with Gasteiger partial charge >= 0.3 is 0 Å². The first-order valence-corrected chi connectivity index (χ1v) is 8.83. The average Bonchev–Trinajstić information content (AvgIpc) is 3.08. The molecule has 0 saturated heterocycles. The number of hydrogen-bond donors (Lipinski definition) is 1. The molecule has 134 valence electrons. The van der Waals surface area contributed by atoms with Crippen molar-refractivity contribution >= 4 is 17.1 Å². The number of carbonyl (C=O) groups excluding carboxylic acids is 1. The van der Waals surface area contributed by atoms with Gasteiger partial charge in [0.25, 0.3) is 0 Å². The first-order valence-electron chi connectivity index (χ1n) is 8.83. The Labute approximate surface area is 158 Å². The first kappa shape index (κ1) is 16.9. The number of methoxy groups -OCH3 is 1. The minimum absolute atomic E-state index is 0.0544. The van der Waals surface area contributed by atoms with E-state index >= 15 is 0 Å².